The molecule has 0 amide bonds. The molecule has 0 atom stereocenters. The summed E-state index contributed by atoms with van der Waals surface area (Å²) in [6.45, 7) is 13.4. The smallest absolute Gasteiger partial charge is 0.226 e. The van der Waals surface area contributed by atoms with Crippen LogP contribution in [0.5, 0.6) is 5.88 Å². The quantitative estimate of drug-likeness (QED) is 0.578. The Balaban J connectivity index is 2.44. The molecule has 0 aliphatic heterocycles. The van der Waals surface area contributed by atoms with Crippen molar-refractivity contribution < 1.29 is 9.47 Å². The molecule has 0 bridgehead atoms. The molecule has 0 unspecified atom stereocenters. The number of aromatic nitrogens is 2. The molecular weight excluding hydrogens is 242 g/mol. The van der Waals surface area contributed by atoms with Crippen LogP contribution in [-0.2, 0) is 4.74 Å². The lowest BCUT2D eigenvalue weighted by Crippen LogP contribution is -2.14. The number of hydrogen-bond acceptors (Lipinski definition) is 5. The van der Waals surface area contributed by atoms with E-state index < -0.39 is 0 Å². The van der Waals surface area contributed by atoms with Gasteiger partial charge < -0.3 is 14.8 Å². The summed E-state index contributed by atoms with van der Waals surface area (Å²) in [5.41, 5.74) is 1.88. The molecule has 0 aromatic carbocycles. The van der Waals surface area contributed by atoms with Crippen molar-refractivity contribution in [1.29, 1.82) is 0 Å². The zero-order chi connectivity index (χ0) is 14.3. The van der Waals surface area contributed by atoms with Gasteiger partial charge in [-0.25, -0.2) is 4.98 Å². The molecule has 0 aliphatic carbocycles. The van der Waals surface area contributed by atoms with E-state index in [1.165, 1.54) is 0 Å². The lowest BCUT2D eigenvalue weighted by molar-refractivity contribution is 0.167. The Morgan fingerprint density at radius 3 is 2.79 bits per heavy atom. The highest BCUT2D eigenvalue weighted by Gasteiger charge is 2.04. The molecule has 0 saturated heterocycles. The molecule has 1 heterocycles. The highest BCUT2D eigenvalue weighted by Crippen LogP contribution is 2.13. The summed E-state index contributed by atoms with van der Waals surface area (Å²) < 4.78 is 11.0. The number of hydrogen-bond donors (Lipinski definition) is 1. The normalized spacial score (nSPS) is 10.6. The number of ether oxygens (including phenoxy) is 2. The van der Waals surface area contributed by atoms with Gasteiger partial charge in [-0.1, -0.05) is 12.2 Å². The topological polar surface area (TPSA) is 56.3 Å². The first kappa shape index (κ1) is 15.4. The van der Waals surface area contributed by atoms with Crippen LogP contribution in [0.2, 0.25) is 0 Å². The summed E-state index contributed by atoms with van der Waals surface area (Å²) >= 11 is 0. The molecule has 0 spiro atoms. The van der Waals surface area contributed by atoms with Crippen molar-refractivity contribution in [3.05, 3.63) is 23.9 Å². The maximum Gasteiger partial charge on any atom is 0.226 e. The predicted octanol–water partition coefficient (Wildman–Crippen LogP) is 2.58. The van der Waals surface area contributed by atoms with Gasteiger partial charge in [0.1, 0.15) is 0 Å². The fourth-order valence-corrected chi connectivity index (χ4v) is 1.40. The first-order valence-corrected chi connectivity index (χ1v) is 6.45. The van der Waals surface area contributed by atoms with E-state index >= 15 is 0 Å². The minimum atomic E-state index is 0.0982. The highest BCUT2D eigenvalue weighted by molar-refractivity contribution is 5.30. The van der Waals surface area contributed by atoms with Crippen LogP contribution in [0.3, 0.4) is 0 Å². The molecule has 1 rings (SSSR count). The first-order valence-electron chi connectivity index (χ1n) is 6.45. The average molecular weight is 265 g/mol. The lowest BCUT2D eigenvalue weighted by Gasteiger charge is -2.11. The van der Waals surface area contributed by atoms with Crippen molar-refractivity contribution in [1.82, 2.24) is 9.97 Å². The summed E-state index contributed by atoms with van der Waals surface area (Å²) in [5.74, 6) is 1.16. The number of nitrogens with zero attached hydrogens (tertiary/aromatic N) is 2. The van der Waals surface area contributed by atoms with Gasteiger partial charge in [-0.3, -0.25) is 0 Å². The molecule has 19 heavy (non-hydrogen) atoms. The van der Waals surface area contributed by atoms with E-state index in [0.29, 0.717) is 31.6 Å². The second kappa shape index (κ2) is 7.74. The molecule has 1 N–H and O–H groups in total. The molecule has 5 heteroatoms. The van der Waals surface area contributed by atoms with Crippen LogP contribution in [0.25, 0.3) is 0 Å². The van der Waals surface area contributed by atoms with Crippen molar-refractivity contribution in [2.75, 3.05) is 25.1 Å². The van der Waals surface area contributed by atoms with Gasteiger partial charge in [0.2, 0.25) is 11.8 Å². The van der Waals surface area contributed by atoms with Crippen molar-refractivity contribution in [3.8, 4) is 5.88 Å². The molecule has 1 aromatic heterocycles. The Morgan fingerprint density at radius 1 is 1.42 bits per heavy atom. The van der Waals surface area contributed by atoms with E-state index in [1.54, 1.807) is 0 Å². The average Bonchev–Trinajstić information content (AvgIpc) is 2.26. The second-order valence-corrected chi connectivity index (χ2v) is 4.77. The Morgan fingerprint density at radius 2 is 2.16 bits per heavy atom. The van der Waals surface area contributed by atoms with E-state index in [0.717, 1.165) is 11.3 Å². The molecule has 0 aliphatic rings. The summed E-state index contributed by atoms with van der Waals surface area (Å²) in [7, 11) is 0. The van der Waals surface area contributed by atoms with Gasteiger partial charge in [0.15, 0.2) is 0 Å². The number of rotatable bonds is 8. The standard InChI is InChI=1S/C14H23N3O2/c1-10(2)9-18-7-6-15-14-16-12(5)8-13(17-14)19-11(3)4/h8,11H,1,6-7,9H2,2-5H3,(H,15,16,17). The van der Waals surface area contributed by atoms with Gasteiger partial charge in [0.25, 0.3) is 0 Å². The van der Waals surface area contributed by atoms with Crippen molar-refractivity contribution in [2.45, 2.75) is 33.8 Å². The number of nitrogens with one attached hydrogen (secondary N) is 1. The molecule has 0 fully saturated rings. The summed E-state index contributed by atoms with van der Waals surface area (Å²) in [4.78, 5) is 8.59. The van der Waals surface area contributed by atoms with E-state index in [-0.39, 0.29) is 6.10 Å². The third-order valence-corrected chi connectivity index (χ3v) is 2.07. The van der Waals surface area contributed by atoms with Crippen LogP contribution in [-0.4, -0.2) is 35.8 Å². The molecular formula is C14H23N3O2. The van der Waals surface area contributed by atoms with Crippen LogP contribution in [0, 0.1) is 6.92 Å². The fourth-order valence-electron chi connectivity index (χ4n) is 1.40. The van der Waals surface area contributed by atoms with E-state index in [4.69, 9.17) is 9.47 Å². The van der Waals surface area contributed by atoms with E-state index in [1.807, 2.05) is 33.8 Å². The first-order chi connectivity index (χ1) is 8.97. The van der Waals surface area contributed by atoms with Crippen LogP contribution in [0.1, 0.15) is 26.5 Å². The van der Waals surface area contributed by atoms with Gasteiger partial charge >= 0.3 is 0 Å². The van der Waals surface area contributed by atoms with Crippen molar-refractivity contribution in [3.63, 3.8) is 0 Å². The van der Waals surface area contributed by atoms with Gasteiger partial charge in [0, 0.05) is 18.3 Å². The summed E-state index contributed by atoms with van der Waals surface area (Å²) in [6, 6.07) is 1.82. The summed E-state index contributed by atoms with van der Waals surface area (Å²) in [5, 5.41) is 3.12. The fraction of sp³-hybridized carbons (Fsp3) is 0.571. The Kier molecular flexibility index (Phi) is 6.29. The third kappa shape index (κ3) is 6.76. The number of aryl methyl sites for hydroxylation is 1. The zero-order valence-electron chi connectivity index (χ0n) is 12.2. The zero-order valence-corrected chi connectivity index (χ0v) is 12.2. The SMILES string of the molecule is C=C(C)COCCNc1nc(C)cc(OC(C)C)n1. The van der Waals surface area contributed by atoms with Crippen LogP contribution in [0.15, 0.2) is 18.2 Å². The van der Waals surface area contributed by atoms with Crippen molar-refractivity contribution in [2.24, 2.45) is 0 Å². The predicted molar refractivity (Wildman–Crippen MR) is 76.7 cm³/mol. The Bertz CT molecular complexity index is 419. The molecule has 0 radical (unpaired) electrons. The molecule has 5 nitrogen and oxygen atoms in total. The Hall–Kier alpha value is -1.62. The molecule has 1 aromatic rings. The Labute approximate surface area is 115 Å². The maximum absolute atomic E-state index is 5.56. The van der Waals surface area contributed by atoms with Gasteiger partial charge in [-0.15, -0.1) is 0 Å². The minimum Gasteiger partial charge on any atom is -0.475 e. The minimum absolute atomic E-state index is 0.0982. The number of anilines is 1. The molecule has 106 valence electrons. The molecule has 0 saturated carbocycles. The van der Waals surface area contributed by atoms with Crippen LogP contribution >= 0.6 is 0 Å². The van der Waals surface area contributed by atoms with Crippen molar-refractivity contribution >= 4 is 5.95 Å². The van der Waals surface area contributed by atoms with Crippen LogP contribution < -0.4 is 10.1 Å². The monoisotopic (exact) mass is 265 g/mol. The lowest BCUT2D eigenvalue weighted by atomic mass is 10.4. The summed E-state index contributed by atoms with van der Waals surface area (Å²) in [6.07, 6.45) is 0.0982. The van der Waals surface area contributed by atoms with Gasteiger partial charge in [0.05, 0.1) is 19.3 Å². The van der Waals surface area contributed by atoms with Gasteiger partial charge in [-0.2, -0.15) is 4.98 Å². The van der Waals surface area contributed by atoms with Crippen LogP contribution in [0.4, 0.5) is 5.95 Å². The maximum atomic E-state index is 5.56. The highest BCUT2D eigenvalue weighted by atomic mass is 16.5. The third-order valence-electron chi connectivity index (χ3n) is 2.07. The van der Waals surface area contributed by atoms with E-state index in [2.05, 4.69) is 21.9 Å². The second-order valence-electron chi connectivity index (χ2n) is 4.77. The largest absolute Gasteiger partial charge is 0.475 e. The van der Waals surface area contributed by atoms with Gasteiger partial charge in [-0.05, 0) is 27.7 Å². The van der Waals surface area contributed by atoms with E-state index in [9.17, 15) is 0 Å².